The van der Waals surface area contributed by atoms with Gasteiger partial charge in [0.1, 0.15) is 46.3 Å². The van der Waals surface area contributed by atoms with Crippen LogP contribution in [-0.4, -0.2) is 31.9 Å². The van der Waals surface area contributed by atoms with Crippen LogP contribution in [0.3, 0.4) is 0 Å². The van der Waals surface area contributed by atoms with E-state index in [0.29, 0.717) is 116 Å². The molecular weight excluding hydrogens is 1620 g/mol. The second-order valence-corrected chi connectivity index (χ2v) is 29.1. The Bertz CT molecular complexity index is 7010. The quantitative estimate of drug-likeness (QED) is 0.0105. The highest BCUT2D eigenvalue weighted by Gasteiger charge is 2.13. The molecule has 20 N–H and O–H groups in total. The van der Waals surface area contributed by atoms with Gasteiger partial charge in [-0.1, -0.05) is 133 Å². The summed E-state index contributed by atoms with van der Waals surface area (Å²) in [5, 5.41) is 10.9. The lowest BCUT2D eigenvalue weighted by Crippen LogP contribution is -2.02. The van der Waals surface area contributed by atoms with E-state index >= 15 is 0 Å². The number of hydrogen-bond acceptors (Lipinski definition) is 24. The number of ether oxygens (including phenoxy) is 3. The Balaban J connectivity index is 0.000000140. The Morgan fingerprint density at radius 1 is 0.302 bits per heavy atom. The third-order valence-corrected chi connectivity index (χ3v) is 19.5. The maximum atomic E-state index is 12.4. The van der Waals surface area contributed by atoms with Crippen LogP contribution in [0.5, 0.6) is 17.2 Å². The van der Waals surface area contributed by atoms with Gasteiger partial charge < -0.3 is 84.8 Å². The topological polar surface area (TPSA) is 440 Å². The van der Waals surface area contributed by atoms with E-state index in [1.807, 2.05) is 293 Å². The van der Waals surface area contributed by atoms with Crippen LogP contribution in [0.1, 0.15) is 47.2 Å². The summed E-state index contributed by atoms with van der Waals surface area (Å²) in [6, 6.07) is 99.9. The highest BCUT2D eigenvalue weighted by atomic mass is 16.5. The van der Waals surface area contributed by atoms with E-state index in [2.05, 4.69) is 25.2 Å². The van der Waals surface area contributed by atoms with Gasteiger partial charge in [0.05, 0.1) is 69.7 Å². The number of azo groups is 1. The second kappa shape index (κ2) is 43.3. The van der Waals surface area contributed by atoms with E-state index in [4.69, 9.17) is 84.8 Å². The fourth-order valence-electron chi connectivity index (χ4n) is 12.9. The molecule has 0 saturated carbocycles. The van der Waals surface area contributed by atoms with Gasteiger partial charge in [-0.3, -0.25) is 15.0 Å². The zero-order chi connectivity index (χ0) is 90.5. The van der Waals surface area contributed by atoms with Gasteiger partial charge in [0.15, 0.2) is 0 Å². The lowest BCUT2D eigenvalue weighted by Gasteiger charge is -2.08. The number of fused-ring (bicyclic) bond motifs is 3. The van der Waals surface area contributed by atoms with Gasteiger partial charge in [-0.15, -0.1) is 5.11 Å². The molecule has 3 aromatic heterocycles. The van der Waals surface area contributed by atoms with Crippen molar-refractivity contribution in [3.8, 4) is 50.6 Å². The zero-order valence-corrected chi connectivity index (χ0v) is 70.5. The van der Waals surface area contributed by atoms with Crippen molar-refractivity contribution in [1.29, 1.82) is 0 Å². The summed E-state index contributed by atoms with van der Waals surface area (Å²) in [7, 11) is 0. The van der Waals surface area contributed by atoms with Crippen molar-refractivity contribution in [3.63, 3.8) is 0 Å². The first-order valence-electron chi connectivity index (χ1n) is 40.8. The van der Waals surface area contributed by atoms with Gasteiger partial charge >= 0.3 is 16.9 Å². The molecule has 14 aromatic carbocycles. The highest BCUT2D eigenvalue weighted by molar-refractivity contribution is 5.91. The molecule has 129 heavy (non-hydrogen) atoms. The molecule has 0 spiro atoms. The molecule has 24 nitrogen and oxygen atoms in total. The molecule has 0 unspecified atom stereocenters. The number of aliphatic imine (C=N–C) groups is 3. The number of nitrogens with two attached hydrogens (primary N) is 10. The predicted molar refractivity (Wildman–Crippen MR) is 531 cm³/mol. The number of anilines is 10. The molecule has 0 bridgehead atoms. The summed E-state index contributed by atoms with van der Waals surface area (Å²) in [6.45, 7) is 5.61. The fraction of sp³-hybridized carbons (Fsp3) is 0.0476. The Kier molecular flexibility index (Phi) is 29.9. The largest absolute Gasteiger partial charge is 0.494 e. The minimum absolute atomic E-state index is 0.356. The molecule has 0 aliphatic rings. The van der Waals surface area contributed by atoms with Crippen LogP contribution in [0.25, 0.3) is 84.5 Å². The first kappa shape index (κ1) is 89.0. The molecule has 0 radical (unpaired) electrons. The fourth-order valence-corrected chi connectivity index (χ4v) is 12.9. The standard InChI is InChI=1S/C29H23N3O3.C24H19N3O2.C22H17N3O2.C16H18N2O.C14H16N4O/c30-23-13-20(14-24(31)16-23)18-34-26-11-5-19(6-12-26)17-32-25-9-7-21(8-10-25)27-15-22-3-1-2-4-28(22)35-29(27)33;25-21-12-7-16(14-22(21)26)4-3-13-27-19-10-8-17(9-11-19)20-15-18-5-1-2-6-23(18)29-24(20)28;23-17-7-10-20(24)16(11-17)13-25-18-8-5-14(6-9-18)19-12-15-3-1-2-4-21(15)27-22(19)26;1-2-19-15-9-4-12(5-10-15)3-6-13-7-8-14(17)11-16(13)18;1-2-19-12-6-4-11(5-7-12)17-18-14-8-3-10(15)9-13(14)16/h1-17H,18,30-31H2;1-15H,25-26H2;1-13H,23-24H2;3-11H,2,17-18H2,1H3;3-9H,2,15-16H2,1H3/b;4-3+,27-13?;;;. The van der Waals surface area contributed by atoms with E-state index in [1.54, 1.807) is 91.4 Å². The van der Waals surface area contributed by atoms with Crippen LogP contribution in [0.4, 0.5) is 85.3 Å². The number of hydrogen-bond donors (Lipinski definition) is 10. The molecule has 0 atom stereocenters. The first-order chi connectivity index (χ1) is 62.6. The van der Waals surface area contributed by atoms with Crippen molar-refractivity contribution in [1.82, 2.24) is 0 Å². The van der Waals surface area contributed by atoms with Crippen LogP contribution in [0.2, 0.25) is 0 Å². The molecule has 0 amide bonds. The van der Waals surface area contributed by atoms with E-state index in [-0.39, 0.29) is 16.9 Å². The Labute approximate surface area is 743 Å². The summed E-state index contributed by atoms with van der Waals surface area (Å²) in [5.74, 6) is 2.43. The summed E-state index contributed by atoms with van der Waals surface area (Å²) >= 11 is 0. The second-order valence-electron chi connectivity index (χ2n) is 29.1. The van der Waals surface area contributed by atoms with Crippen LogP contribution in [0.15, 0.2) is 387 Å². The Hall–Kier alpha value is -17.8. The molecule has 642 valence electrons. The minimum Gasteiger partial charge on any atom is -0.494 e. The Morgan fingerprint density at radius 3 is 1.22 bits per heavy atom. The number of benzene rings is 14. The maximum Gasteiger partial charge on any atom is 0.344 e. The van der Waals surface area contributed by atoms with Gasteiger partial charge in [-0.2, -0.15) is 5.11 Å². The molecular formula is C105H93N15O9. The third-order valence-electron chi connectivity index (χ3n) is 19.5. The highest BCUT2D eigenvalue weighted by Crippen LogP contribution is 2.32. The number of nitrogen functional groups attached to an aromatic ring is 10. The number of para-hydroxylation sites is 3. The van der Waals surface area contributed by atoms with Crippen molar-refractivity contribution in [3.05, 3.63) is 398 Å². The molecule has 3 heterocycles. The molecule has 0 fully saturated rings. The zero-order valence-electron chi connectivity index (χ0n) is 70.5. The lowest BCUT2D eigenvalue weighted by molar-refractivity contribution is 0.306. The van der Waals surface area contributed by atoms with E-state index < -0.39 is 0 Å². The third kappa shape index (κ3) is 25.4. The van der Waals surface area contributed by atoms with Gasteiger partial charge in [0, 0.05) is 80.2 Å². The lowest BCUT2D eigenvalue weighted by atomic mass is 10.1. The summed E-state index contributed by atoms with van der Waals surface area (Å²) < 4.78 is 32.8. The van der Waals surface area contributed by atoms with Crippen LogP contribution >= 0.6 is 0 Å². The minimum atomic E-state index is -0.363. The van der Waals surface area contributed by atoms with Gasteiger partial charge in [0.25, 0.3) is 0 Å². The number of nitrogens with zero attached hydrogens (tertiary/aromatic N) is 5. The Morgan fingerprint density at radius 2 is 0.729 bits per heavy atom. The normalized spacial score (nSPS) is 11.2. The van der Waals surface area contributed by atoms with Crippen LogP contribution in [-0.2, 0) is 6.61 Å². The average Bonchev–Trinajstić information content (AvgIpc) is 0.808. The number of allylic oxidation sites excluding steroid dienone is 1. The summed E-state index contributed by atoms with van der Waals surface area (Å²) in [6.07, 6.45) is 12.9. The molecule has 17 aromatic rings. The smallest absolute Gasteiger partial charge is 0.344 e. The number of rotatable bonds is 21. The van der Waals surface area contributed by atoms with E-state index in [9.17, 15) is 14.4 Å². The maximum absolute atomic E-state index is 12.4. The predicted octanol–water partition coefficient (Wildman–Crippen LogP) is 22.5. The average molecular weight is 1710 g/mol. The van der Waals surface area contributed by atoms with Gasteiger partial charge in [-0.25, -0.2) is 14.4 Å². The summed E-state index contributed by atoms with van der Waals surface area (Å²) in [4.78, 5) is 50.3. The van der Waals surface area contributed by atoms with Crippen molar-refractivity contribution >= 4 is 155 Å². The van der Waals surface area contributed by atoms with Gasteiger partial charge in [0.2, 0.25) is 0 Å². The SMILES string of the molecule is CCOc1ccc(C=Cc2ccc(N)cc2N)cc1.CCOc1ccc(N=Nc2ccc(N)cc2N)cc1.Nc1cc(N)cc(COc2ccc(C=Nc3ccc(-c4cc5ccccc5oc4=O)cc3)cc2)c1.Nc1ccc(/C=C/C=Nc2ccc(-c3cc4ccccc4oc3=O)cc2)cc1N.Nc1ccc(N)c(C=Nc2ccc(-c3cc4ccccc4oc3=O)cc2)c1. The molecule has 17 rings (SSSR count). The molecule has 0 saturated heterocycles. The monoisotopic (exact) mass is 1710 g/mol. The molecule has 0 aliphatic heterocycles. The van der Waals surface area contributed by atoms with E-state index in [0.717, 1.165) is 106 Å². The first-order valence-corrected chi connectivity index (χ1v) is 40.8. The van der Waals surface area contributed by atoms with E-state index in [1.165, 1.54) is 0 Å². The molecule has 24 heteroatoms. The van der Waals surface area contributed by atoms with Crippen molar-refractivity contribution in [2.45, 2.75) is 20.5 Å². The van der Waals surface area contributed by atoms with Crippen molar-refractivity contribution in [2.75, 3.05) is 70.6 Å². The van der Waals surface area contributed by atoms with Crippen LogP contribution < -0.4 is 88.4 Å². The van der Waals surface area contributed by atoms with Crippen molar-refractivity contribution in [2.24, 2.45) is 25.2 Å². The summed E-state index contributed by atoms with van der Waals surface area (Å²) in [5.41, 5.74) is 77.7. The molecule has 0 aliphatic carbocycles. The van der Waals surface area contributed by atoms with Gasteiger partial charge in [-0.05, 0) is 277 Å². The van der Waals surface area contributed by atoms with Crippen LogP contribution in [0, 0.1) is 0 Å². The van der Waals surface area contributed by atoms with Crippen molar-refractivity contribution < 1.29 is 27.5 Å².